The molecule has 1 N–H and O–H groups in total. The van der Waals surface area contributed by atoms with Gasteiger partial charge >= 0.3 is 0 Å². The summed E-state index contributed by atoms with van der Waals surface area (Å²) in [6, 6.07) is 23.3. The van der Waals surface area contributed by atoms with Gasteiger partial charge in [0.2, 0.25) is 11.8 Å². The quantitative estimate of drug-likeness (QED) is 0.595. The molecule has 3 rings (SSSR count). The number of nitrogens with one attached hydrogen (secondary N) is 1. The van der Waals surface area contributed by atoms with Crippen molar-refractivity contribution in [2.45, 2.75) is 32.9 Å². The summed E-state index contributed by atoms with van der Waals surface area (Å²) >= 11 is 0. The second-order valence-electron chi connectivity index (χ2n) is 7.07. The van der Waals surface area contributed by atoms with Crippen LogP contribution in [0, 0.1) is 5.82 Å². The van der Waals surface area contributed by atoms with Crippen LogP contribution in [0.3, 0.4) is 0 Å². The van der Waals surface area contributed by atoms with E-state index in [9.17, 15) is 14.0 Å². The molecule has 0 spiro atoms. The first-order chi connectivity index (χ1) is 14.5. The molecule has 0 aromatic heterocycles. The third kappa shape index (κ3) is 6.01. The van der Waals surface area contributed by atoms with Gasteiger partial charge in [-0.1, -0.05) is 61.5 Å². The van der Waals surface area contributed by atoms with Crippen LogP contribution in [-0.4, -0.2) is 11.8 Å². The summed E-state index contributed by atoms with van der Waals surface area (Å²) in [5.74, 6) is -0.380. The van der Waals surface area contributed by atoms with Crippen molar-refractivity contribution in [2.75, 3.05) is 4.90 Å². The minimum atomic E-state index is -0.304. The van der Waals surface area contributed by atoms with Gasteiger partial charge in [0.25, 0.3) is 0 Å². The van der Waals surface area contributed by atoms with Crippen LogP contribution in [-0.2, 0) is 29.1 Å². The van der Waals surface area contributed by atoms with E-state index < -0.39 is 0 Å². The van der Waals surface area contributed by atoms with Crippen molar-refractivity contribution in [3.05, 3.63) is 101 Å². The lowest BCUT2D eigenvalue weighted by molar-refractivity contribution is -0.120. The van der Waals surface area contributed by atoms with Crippen LogP contribution < -0.4 is 10.2 Å². The Hall–Kier alpha value is -3.47. The molecule has 0 aliphatic heterocycles. The van der Waals surface area contributed by atoms with E-state index in [0.29, 0.717) is 19.5 Å². The third-order valence-electron chi connectivity index (χ3n) is 4.80. The summed E-state index contributed by atoms with van der Waals surface area (Å²) in [7, 11) is 0. The van der Waals surface area contributed by atoms with Crippen LogP contribution in [0.4, 0.5) is 10.1 Å². The van der Waals surface area contributed by atoms with Gasteiger partial charge in [-0.2, -0.15) is 0 Å². The molecule has 0 saturated heterocycles. The zero-order valence-electron chi connectivity index (χ0n) is 17.0. The topological polar surface area (TPSA) is 49.4 Å². The highest BCUT2D eigenvalue weighted by Crippen LogP contribution is 2.20. The Kier molecular flexibility index (Phi) is 7.33. The normalized spacial score (nSPS) is 10.5. The summed E-state index contributed by atoms with van der Waals surface area (Å²) in [4.78, 5) is 26.3. The van der Waals surface area contributed by atoms with Crippen molar-refractivity contribution in [1.29, 1.82) is 0 Å². The zero-order chi connectivity index (χ0) is 21.3. The van der Waals surface area contributed by atoms with Crippen molar-refractivity contribution in [3.8, 4) is 0 Å². The highest BCUT2D eigenvalue weighted by molar-refractivity contribution is 5.93. The lowest BCUT2D eigenvalue weighted by atomic mass is 10.1. The number of anilines is 1. The molecule has 0 fully saturated rings. The standard InChI is InChI=1S/C25H25FN2O2/c1-2-25(30)28(18-21-8-12-22(26)13-9-21)23-14-10-19(11-15-23)16-24(29)27-17-20-6-4-3-5-7-20/h3-15H,2,16-18H2,1H3,(H,27,29). The molecule has 3 aromatic carbocycles. The SMILES string of the molecule is CCC(=O)N(Cc1ccc(F)cc1)c1ccc(CC(=O)NCc2ccccc2)cc1. The summed E-state index contributed by atoms with van der Waals surface area (Å²) < 4.78 is 13.2. The van der Waals surface area contributed by atoms with Crippen molar-refractivity contribution < 1.29 is 14.0 Å². The van der Waals surface area contributed by atoms with Crippen LogP contribution >= 0.6 is 0 Å². The first-order valence-corrected chi connectivity index (χ1v) is 9.99. The second-order valence-corrected chi connectivity index (χ2v) is 7.07. The molecule has 2 amide bonds. The smallest absolute Gasteiger partial charge is 0.227 e. The van der Waals surface area contributed by atoms with Crippen LogP contribution in [0.5, 0.6) is 0 Å². The molecule has 154 valence electrons. The number of carbonyl (C=O) groups excluding carboxylic acids is 2. The minimum absolute atomic E-state index is 0.0207. The molecule has 0 atom stereocenters. The van der Waals surface area contributed by atoms with E-state index in [1.54, 1.807) is 17.0 Å². The maximum Gasteiger partial charge on any atom is 0.227 e. The summed E-state index contributed by atoms with van der Waals surface area (Å²) in [6.45, 7) is 2.67. The fourth-order valence-electron chi connectivity index (χ4n) is 3.12. The van der Waals surface area contributed by atoms with Crippen molar-refractivity contribution in [1.82, 2.24) is 5.32 Å². The van der Waals surface area contributed by atoms with Gasteiger partial charge in [-0.25, -0.2) is 4.39 Å². The van der Waals surface area contributed by atoms with E-state index in [1.807, 2.05) is 61.5 Å². The Labute approximate surface area is 176 Å². The Balaban J connectivity index is 1.63. The fourth-order valence-corrected chi connectivity index (χ4v) is 3.12. The van der Waals surface area contributed by atoms with E-state index in [1.165, 1.54) is 12.1 Å². The van der Waals surface area contributed by atoms with E-state index in [4.69, 9.17) is 0 Å². The number of nitrogens with zero attached hydrogens (tertiary/aromatic N) is 1. The van der Waals surface area contributed by atoms with Gasteiger partial charge in [0.05, 0.1) is 13.0 Å². The monoisotopic (exact) mass is 404 g/mol. The molecule has 4 nitrogen and oxygen atoms in total. The molecule has 3 aromatic rings. The molecule has 5 heteroatoms. The minimum Gasteiger partial charge on any atom is -0.352 e. The molecule has 30 heavy (non-hydrogen) atoms. The summed E-state index contributed by atoms with van der Waals surface area (Å²) in [6.07, 6.45) is 0.637. The van der Waals surface area contributed by atoms with Crippen LogP contribution in [0.2, 0.25) is 0 Å². The van der Waals surface area contributed by atoms with Crippen LogP contribution in [0.25, 0.3) is 0 Å². The van der Waals surface area contributed by atoms with Crippen molar-refractivity contribution >= 4 is 17.5 Å². The number of halogens is 1. The maximum atomic E-state index is 13.2. The van der Waals surface area contributed by atoms with Gasteiger partial charge in [0.15, 0.2) is 0 Å². The average Bonchev–Trinajstić information content (AvgIpc) is 2.78. The first kappa shape index (κ1) is 21.2. The number of hydrogen-bond acceptors (Lipinski definition) is 2. The highest BCUT2D eigenvalue weighted by atomic mass is 19.1. The zero-order valence-corrected chi connectivity index (χ0v) is 17.0. The number of rotatable bonds is 8. The Morgan fingerprint density at radius 3 is 2.10 bits per heavy atom. The molecule has 0 aliphatic rings. The largest absolute Gasteiger partial charge is 0.352 e. The lowest BCUT2D eigenvalue weighted by Crippen LogP contribution is -2.29. The second kappa shape index (κ2) is 10.3. The van der Waals surface area contributed by atoms with E-state index in [2.05, 4.69) is 5.32 Å². The number of benzene rings is 3. The van der Waals surface area contributed by atoms with Crippen molar-refractivity contribution in [2.24, 2.45) is 0 Å². The van der Waals surface area contributed by atoms with Gasteiger partial charge in [0.1, 0.15) is 5.82 Å². The third-order valence-corrected chi connectivity index (χ3v) is 4.80. The number of amides is 2. The van der Waals surface area contributed by atoms with E-state index in [-0.39, 0.29) is 24.1 Å². The number of hydrogen-bond donors (Lipinski definition) is 1. The van der Waals surface area contributed by atoms with Gasteiger partial charge in [-0.15, -0.1) is 0 Å². The van der Waals surface area contributed by atoms with E-state index in [0.717, 1.165) is 22.4 Å². The molecule has 0 bridgehead atoms. The molecular weight excluding hydrogens is 379 g/mol. The van der Waals surface area contributed by atoms with Crippen molar-refractivity contribution in [3.63, 3.8) is 0 Å². The Morgan fingerprint density at radius 1 is 0.833 bits per heavy atom. The predicted octanol–water partition coefficient (Wildman–Crippen LogP) is 4.63. The average molecular weight is 404 g/mol. The highest BCUT2D eigenvalue weighted by Gasteiger charge is 2.15. The summed E-state index contributed by atoms with van der Waals surface area (Å²) in [5, 5.41) is 2.92. The maximum absolute atomic E-state index is 13.2. The lowest BCUT2D eigenvalue weighted by Gasteiger charge is -2.23. The first-order valence-electron chi connectivity index (χ1n) is 9.99. The Bertz CT molecular complexity index is 970. The molecule has 0 aliphatic carbocycles. The fraction of sp³-hybridized carbons (Fsp3) is 0.200. The molecule has 0 heterocycles. The molecule has 0 unspecified atom stereocenters. The van der Waals surface area contributed by atoms with Gasteiger partial charge in [-0.05, 0) is 41.0 Å². The number of carbonyl (C=O) groups is 2. The van der Waals surface area contributed by atoms with Crippen LogP contribution in [0.1, 0.15) is 30.0 Å². The van der Waals surface area contributed by atoms with Gasteiger partial charge < -0.3 is 10.2 Å². The molecule has 0 radical (unpaired) electrons. The molecule has 0 saturated carbocycles. The predicted molar refractivity (Wildman–Crippen MR) is 116 cm³/mol. The van der Waals surface area contributed by atoms with Gasteiger partial charge in [0, 0.05) is 18.7 Å². The van der Waals surface area contributed by atoms with Crippen LogP contribution in [0.15, 0.2) is 78.9 Å². The van der Waals surface area contributed by atoms with E-state index >= 15 is 0 Å². The Morgan fingerprint density at radius 2 is 1.47 bits per heavy atom. The van der Waals surface area contributed by atoms with Gasteiger partial charge in [-0.3, -0.25) is 9.59 Å². The molecular formula is C25H25FN2O2. The summed E-state index contributed by atoms with van der Waals surface area (Å²) in [5.41, 5.74) is 3.52.